The van der Waals surface area contributed by atoms with Crippen molar-refractivity contribution in [2.45, 2.75) is 38.8 Å². The number of nitrogens with zero attached hydrogens (tertiary/aromatic N) is 1. The maximum absolute atomic E-state index is 6.26. The molecular formula is C13H20Cl2N2S. The summed E-state index contributed by atoms with van der Waals surface area (Å²) in [5.74, 6) is 0.652. The summed E-state index contributed by atoms with van der Waals surface area (Å²) >= 11 is 13.7. The zero-order chi connectivity index (χ0) is 13.3. The summed E-state index contributed by atoms with van der Waals surface area (Å²) in [5.41, 5.74) is 7.08. The van der Waals surface area contributed by atoms with Crippen LogP contribution in [0.3, 0.4) is 0 Å². The van der Waals surface area contributed by atoms with E-state index in [4.69, 9.17) is 28.9 Å². The quantitative estimate of drug-likeness (QED) is 0.908. The average molecular weight is 307 g/mol. The summed E-state index contributed by atoms with van der Waals surface area (Å²) in [6, 6.07) is 2.73. The molecule has 3 atom stereocenters. The molecule has 2 N–H and O–H groups in total. The van der Waals surface area contributed by atoms with E-state index in [1.54, 1.807) is 0 Å². The molecular weight excluding hydrogens is 287 g/mol. The van der Waals surface area contributed by atoms with Crippen LogP contribution in [0.5, 0.6) is 0 Å². The third kappa shape index (κ3) is 2.86. The van der Waals surface area contributed by atoms with Gasteiger partial charge in [-0.1, -0.05) is 30.1 Å². The number of hydrogen-bond acceptors (Lipinski definition) is 3. The van der Waals surface area contributed by atoms with Crippen molar-refractivity contribution in [3.8, 4) is 0 Å². The number of nitrogens with two attached hydrogens (primary N) is 1. The van der Waals surface area contributed by atoms with Crippen molar-refractivity contribution in [2.75, 3.05) is 13.1 Å². The van der Waals surface area contributed by atoms with Crippen molar-refractivity contribution in [1.82, 2.24) is 4.90 Å². The van der Waals surface area contributed by atoms with Crippen LogP contribution in [0.25, 0.3) is 0 Å². The normalized spacial score (nSPS) is 27.4. The second kappa shape index (κ2) is 6.10. The van der Waals surface area contributed by atoms with Crippen molar-refractivity contribution in [2.24, 2.45) is 11.7 Å². The van der Waals surface area contributed by atoms with Crippen LogP contribution in [-0.2, 0) is 0 Å². The Balaban J connectivity index is 2.21. The number of rotatable bonds is 3. The maximum atomic E-state index is 6.26. The van der Waals surface area contributed by atoms with Gasteiger partial charge in [0.15, 0.2) is 0 Å². The molecule has 2 heterocycles. The fourth-order valence-corrected chi connectivity index (χ4v) is 4.58. The number of likely N-dealkylation sites (tertiary alicyclic amines) is 1. The van der Waals surface area contributed by atoms with Gasteiger partial charge in [0.05, 0.1) is 8.67 Å². The van der Waals surface area contributed by atoms with E-state index in [1.165, 1.54) is 24.2 Å². The molecule has 2 nitrogen and oxygen atoms in total. The van der Waals surface area contributed by atoms with Gasteiger partial charge >= 0.3 is 0 Å². The minimum absolute atomic E-state index is 0.289. The first-order chi connectivity index (χ1) is 8.54. The van der Waals surface area contributed by atoms with Gasteiger partial charge in [-0.2, -0.15) is 0 Å². The highest BCUT2D eigenvalue weighted by molar-refractivity contribution is 7.20. The third-order valence-corrected chi connectivity index (χ3v) is 5.55. The number of hydrogen-bond donors (Lipinski definition) is 1. The molecule has 102 valence electrons. The summed E-state index contributed by atoms with van der Waals surface area (Å²) in [7, 11) is 0. The molecule has 3 unspecified atom stereocenters. The molecule has 1 fully saturated rings. The molecule has 0 amide bonds. The molecule has 0 radical (unpaired) electrons. The highest BCUT2D eigenvalue weighted by atomic mass is 35.5. The van der Waals surface area contributed by atoms with Crippen molar-refractivity contribution in [3.05, 3.63) is 20.3 Å². The van der Waals surface area contributed by atoms with Crippen LogP contribution in [0.1, 0.15) is 38.3 Å². The van der Waals surface area contributed by atoms with E-state index >= 15 is 0 Å². The Morgan fingerprint density at radius 2 is 2.28 bits per heavy atom. The van der Waals surface area contributed by atoms with Gasteiger partial charge in [-0.15, -0.1) is 11.3 Å². The molecule has 0 aliphatic carbocycles. The Bertz CT molecular complexity index is 408. The zero-order valence-corrected chi connectivity index (χ0v) is 13.2. The fourth-order valence-electron chi connectivity index (χ4n) is 2.95. The lowest BCUT2D eigenvalue weighted by molar-refractivity contribution is 0.0692. The third-order valence-electron chi connectivity index (χ3n) is 4.03. The molecule has 5 heteroatoms. The largest absolute Gasteiger partial charge is 0.329 e. The summed E-state index contributed by atoms with van der Waals surface area (Å²) in [4.78, 5) is 2.48. The van der Waals surface area contributed by atoms with Gasteiger partial charge in [0.1, 0.15) is 0 Å². The molecule has 0 saturated carbocycles. The van der Waals surface area contributed by atoms with E-state index in [0.29, 0.717) is 18.5 Å². The Morgan fingerprint density at radius 3 is 2.83 bits per heavy atom. The number of piperidine rings is 1. The predicted octanol–water partition coefficient (Wildman–Crippen LogP) is 4.18. The van der Waals surface area contributed by atoms with Gasteiger partial charge in [0.2, 0.25) is 0 Å². The molecule has 1 saturated heterocycles. The van der Waals surface area contributed by atoms with E-state index in [-0.39, 0.29) is 6.04 Å². The summed E-state index contributed by atoms with van der Waals surface area (Å²) in [5, 5.41) is 0. The molecule has 0 bridgehead atoms. The number of halogens is 2. The molecule has 0 aromatic carbocycles. The number of thiophene rings is 1. The predicted molar refractivity (Wildman–Crippen MR) is 80.7 cm³/mol. The van der Waals surface area contributed by atoms with Crippen molar-refractivity contribution < 1.29 is 0 Å². The van der Waals surface area contributed by atoms with Crippen LogP contribution in [-0.4, -0.2) is 24.0 Å². The van der Waals surface area contributed by atoms with E-state index in [0.717, 1.165) is 20.8 Å². The van der Waals surface area contributed by atoms with Crippen molar-refractivity contribution >= 4 is 34.5 Å². The second-order valence-electron chi connectivity index (χ2n) is 5.12. The van der Waals surface area contributed by atoms with Gasteiger partial charge < -0.3 is 5.73 Å². The summed E-state index contributed by atoms with van der Waals surface area (Å²) in [6.45, 7) is 6.29. The van der Waals surface area contributed by atoms with E-state index in [2.05, 4.69) is 18.7 Å². The van der Waals surface area contributed by atoms with Crippen LogP contribution in [0.15, 0.2) is 6.07 Å². The Kier molecular flexibility index (Phi) is 4.95. The van der Waals surface area contributed by atoms with Crippen LogP contribution in [0, 0.1) is 5.92 Å². The first kappa shape index (κ1) is 14.6. The van der Waals surface area contributed by atoms with Gasteiger partial charge in [0.25, 0.3) is 0 Å². The van der Waals surface area contributed by atoms with Crippen LogP contribution >= 0.6 is 34.5 Å². The lowest BCUT2D eigenvalue weighted by Gasteiger charge is -2.43. The standard InChI is InChI=1S/C13H20Cl2N2S/c1-8-4-3-5-17(11(8)7-16)9(2)10-6-12(14)18-13(10)15/h6,8-9,11H,3-5,7,16H2,1-2H3. The highest BCUT2D eigenvalue weighted by Gasteiger charge is 2.32. The molecule has 0 spiro atoms. The summed E-state index contributed by atoms with van der Waals surface area (Å²) < 4.78 is 1.57. The Hall–Kier alpha value is 0.200. The minimum atomic E-state index is 0.289. The first-order valence-corrected chi connectivity index (χ1v) is 8.02. The van der Waals surface area contributed by atoms with Gasteiger partial charge in [-0.25, -0.2) is 0 Å². The Morgan fingerprint density at radius 1 is 1.56 bits per heavy atom. The zero-order valence-electron chi connectivity index (χ0n) is 10.8. The van der Waals surface area contributed by atoms with E-state index in [1.807, 2.05) is 6.07 Å². The fraction of sp³-hybridized carbons (Fsp3) is 0.692. The minimum Gasteiger partial charge on any atom is -0.329 e. The molecule has 1 aromatic heterocycles. The first-order valence-electron chi connectivity index (χ1n) is 6.45. The average Bonchev–Trinajstić information content (AvgIpc) is 2.67. The lowest BCUT2D eigenvalue weighted by atomic mass is 9.89. The van der Waals surface area contributed by atoms with Crippen LogP contribution in [0.2, 0.25) is 8.67 Å². The van der Waals surface area contributed by atoms with Crippen LogP contribution in [0.4, 0.5) is 0 Å². The van der Waals surface area contributed by atoms with E-state index < -0.39 is 0 Å². The van der Waals surface area contributed by atoms with Crippen molar-refractivity contribution in [1.29, 1.82) is 0 Å². The molecule has 18 heavy (non-hydrogen) atoms. The smallest absolute Gasteiger partial charge is 0.0991 e. The van der Waals surface area contributed by atoms with Gasteiger partial charge in [-0.3, -0.25) is 4.90 Å². The topological polar surface area (TPSA) is 29.3 Å². The molecule has 1 aromatic rings. The van der Waals surface area contributed by atoms with Crippen LogP contribution < -0.4 is 5.73 Å². The molecule has 1 aliphatic heterocycles. The SMILES string of the molecule is CC1CCCN(C(C)c2cc(Cl)sc2Cl)C1CN. The molecule has 1 aliphatic rings. The monoisotopic (exact) mass is 306 g/mol. The van der Waals surface area contributed by atoms with Gasteiger partial charge in [-0.05, 0) is 38.3 Å². The van der Waals surface area contributed by atoms with E-state index in [9.17, 15) is 0 Å². The molecule has 2 rings (SSSR count). The highest BCUT2D eigenvalue weighted by Crippen LogP contribution is 2.39. The van der Waals surface area contributed by atoms with Gasteiger partial charge in [0, 0.05) is 24.2 Å². The second-order valence-corrected chi connectivity index (χ2v) is 7.40. The Labute approximate surface area is 123 Å². The lowest BCUT2D eigenvalue weighted by Crippen LogP contribution is -2.49. The maximum Gasteiger partial charge on any atom is 0.0991 e. The summed E-state index contributed by atoms with van der Waals surface area (Å²) in [6.07, 6.45) is 2.50. The van der Waals surface area contributed by atoms with Crippen molar-refractivity contribution in [3.63, 3.8) is 0 Å².